The minimum atomic E-state index is -0.729. The van der Waals surface area contributed by atoms with E-state index in [1.54, 1.807) is 49.4 Å². The van der Waals surface area contributed by atoms with E-state index in [9.17, 15) is 19.2 Å². The molecular weight excluding hydrogens is 528 g/mol. The van der Waals surface area contributed by atoms with Gasteiger partial charge in [-0.1, -0.05) is 28.4 Å². The molecule has 2 aromatic rings. The molecular formula is C27H25BrN2O6. The second kappa shape index (κ2) is 9.89. The molecule has 186 valence electrons. The van der Waals surface area contributed by atoms with Crippen molar-refractivity contribution in [2.75, 3.05) is 6.61 Å². The molecule has 3 atom stereocenters. The molecule has 0 radical (unpaired) electrons. The van der Waals surface area contributed by atoms with Gasteiger partial charge in [0.15, 0.2) is 11.5 Å². The smallest absolute Gasteiger partial charge is 0.343 e. The first-order chi connectivity index (χ1) is 17.3. The number of halogens is 1. The highest BCUT2D eigenvalue weighted by Gasteiger charge is 2.49. The number of barbiturate groups is 1. The van der Waals surface area contributed by atoms with Crippen LogP contribution in [-0.2, 0) is 9.59 Å². The number of carbonyl (C=O) groups excluding carboxylic acids is 4. The van der Waals surface area contributed by atoms with Crippen molar-refractivity contribution in [2.24, 2.45) is 11.8 Å². The number of amides is 4. The van der Waals surface area contributed by atoms with Crippen LogP contribution in [0.15, 0.2) is 52.5 Å². The van der Waals surface area contributed by atoms with Crippen LogP contribution >= 0.6 is 15.9 Å². The summed E-state index contributed by atoms with van der Waals surface area (Å²) in [6.45, 7) is 2.11. The molecule has 2 aromatic carbocycles. The lowest BCUT2D eigenvalue weighted by molar-refractivity contribution is -0.132. The molecule has 2 saturated carbocycles. The van der Waals surface area contributed by atoms with Crippen molar-refractivity contribution in [1.29, 1.82) is 0 Å². The number of hydrogen-bond donors (Lipinski definition) is 1. The van der Waals surface area contributed by atoms with Gasteiger partial charge in [0, 0.05) is 10.5 Å². The standard InChI is InChI=1S/C27H25BrN2O6/c1-2-35-23-14-16(4-10-22(23)36-26(33)17-6-8-19(28)9-7-17)12-20-24(31)29-27(34)30(25(20)32)21-13-15-3-5-18(21)11-15/h4,6-10,12,14-15,18,21H,2-3,5,11,13H2,1H3,(H,29,31,34)/b20-12+/t15-,18-,21+/m0/s1. The fourth-order valence-corrected chi connectivity index (χ4v) is 5.64. The van der Waals surface area contributed by atoms with Crippen LogP contribution in [0.2, 0.25) is 0 Å². The normalized spacial score (nSPS) is 24.3. The summed E-state index contributed by atoms with van der Waals surface area (Å²) >= 11 is 3.33. The van der Waals surface area contributed by atoms with E-state index in [0.717, 1.165) is 30.2 Å². The van der Waals surface area contributed by atoms with Gasteiger partial charge in [-0.05, 0) is 86.1 Å². The quantitative estimate of drug-likeness (QED) is 0.241. The fraction of sp³-hybridized carbons (Fsp3) is 0.333. The molecule has 4 amide bonds. The molecule has 0 unspecified atom stereocenters. The molecule has 2 aliphatic carbocycles. The van der Waals surface area contributed by atoms with Gasteiger partial charge < -0.3 is 9.47 Å². The van der Waals surface area contributed by atoms with Crippen LogP contribution in [-0.4, -0.2) is 41.4 Å². The Morgan fingerprint density at radius 3 is 2.53 bits per heavy atom. The number of urea groups is 1. The van der Waals surface area contributed by atoms with E-state index in [1.165, 1.54) is 11.0 Å². The number of fused-ring (bicyclic) bond motifs is 2. The third-order valence-corrected chi connectivity index (χ3v) is 7.56. The summed E-state index contributed by atoms with van der Waals surface area (Å²) in [5.41, 5.74) is 0.767. The van der Waals surface area contributed by atoms with Crippen LogP contribution in [0.1, 0.15) is 48.5 Å². The maximum Gasteiger partial charge on any atom is 0.343 e. The Kier molecular flexibility index (Phi) is 6.66. The van der Waals surface area contributed by atoms with Gasteiger partial charge in [0.1, 0.15) is 5.57 Å². The number of esters is 1. The molecule has 0 spiro atoms. The number of benzene rings is 2. The zero-order chi connectivity index (χ0) is 25.4. The third-order valence-electron chi connectivity index (χ3n) is 7.03. The molecule has 3 fully saturated rings. The third kappa shape index (κ3) is 4.67. The minimum Gasteiger partial charge on any atom is -0.490 e. The van der Waals surface area contributed by atoms with E-state index in [2.05, 4.69) is 21.2 Å². The summed E-state index contributed by atoms with van der Waals surface area (Å²) in [6.07, 6.45) is 5.38. The lowest BCUT2D eigenvalue weighted by Crippen LogP contribution is -2.58. The van der Waals surface area contributed by atoms with Crippen LogP contribution < -0.4 is 14.8 Å². The van der Waals surface area contributed by atoms with Crippen LogP contribution in [0.4, 0.5) is 4.79 Å². The SMILES string of the molecule is CCOc1cc(/C=C2\C(=O)NC(=O)N([C@@H]3C[C@H]4CC[C@H]3C4)C2=O)ccc1OC(=O)c1ccc(Br)cc1. The number of nitrogens with one attached hydrogen (secondary N) is 1. The number of ether oxygens (including phenoxy) is 2. The first-order valence-corrected chi connectivity index (χ1v) is 12.8. The monoisotopic (exact) mass is 552 g/mol. The van der Waals surface area contributed by atoms with Crippen molar-refractivity contribution >= 4 is 45.8 Å². The summed E-state index contributed by atoms with van der Waals surface area (Å²) in [6, 6.07) is 10.7. The molecule has 1 saturated heterocycles. The molecule has 1 aliphatic heterocycles. The highest BCUT2D eigenvalue weighted by molar-refractivity contribution is 9.10. The van der Waals surface area contributed by atoms with Gasteiger partial charge in [-0.2, -0.15) is 0 Å². The Morgan fingerprint density at radius 1 is 1.08 bits per heavy atom. The molecule has 9 heteroatoms. The number of carbonyl (C=O) groups is 4. The molecule has 2 bridgehead atoms. The highest BCUT2D eigenvalue weighted by Crippen LogP contribution is 2.47. The van der Waals surface area contributed by atoms with Crippen molar-refractivity contribution in [3.63, 3.8) is 0 Å². The molecule has 36 heavy (non-hydrogen) atoms. The van der Waals surface area contributed by atoms with Gasteiger partial charge in [-0.25, -0.2) is 9.59 Å². The Bertz CT molecular complexity index is 1270. The predicted molar refractivity (Wildman–Crippen MR) is 134 cm³/mol. The fourth-order valence-electron chi connectivity index (χ4n) is 5.38. The van der Waals surface area contributed by atoms with E-state index in [0.29, 0.717) is 35.3 Å². The summed E-state index contributed by atoms with van der Waals surface area (Å²) in [7, 11) is 0. The second-order valence-corrected chi connectivity index (χ2v) is 10.2. The summed E-state index contributed by atoms with van der Waals surface area (Å²) in [5.74, 6) is -0.517. The lowest BCUT2D eigenvalue weighted by Gasteiger charge is -2.35. The van der Waals surface area contributed by atoms with Gasteiger partial charge in [0.05, 0.1) is 12.2 Å². The molecule has 8 nitrogen and oxygen atoms in total. The van der Waals surface area contributed by atoms with E-state index in [-0.39, 0.29) is 17.4 Å². The van der Waals surface area contributed by atoms with E-state index in [1.807, 2.05) is 0 Å². The second-order valence-electron chi connectivity index (χ2n) is 9.27. The van der Waals surface area contributed by atoms with E-state index >= 15 is 0 Å². The Hall–Kier alpha value is -3.46. The van der Waals surface area contributed by atoms with Gasteiger partial charge in [0.25, 0.3) is 11.8 Å². The Labute approximate surface area is 216 Å². The average Bonchev–Trinajstić information content (AvgIpc) is 3.47. The maximum absolute atomic E-state index is 13.3. The van der Waals surface area contributed by atoms with Crippen LogP contribution in [0.3, 0.4) is 0 Å². The van der Waals surface area contributed by atoms with Gasteiger partial charge in [0.2, 0.25) is 0 Å². The molecule has 1 heterocycles. The van der Waals surface area contributed by atoms with Crippen LogP contribution in [0.25, 0.3) is 6.08 Å². The van der Waals surface area contributed by atoms with Gasteiger partial charge in [-0.15, -0.1) is 0 Å². The topological polar surface area (TPSA) is 102 Å². The van der Waals surface area contributed by atoms with Crippen LogP contribution in [0, 0.1) is 11.8 Å². The van der Waals surface area contributed by atoms with Crippen molar-refractivity contribution < 1.29 is 28.7 Å². The zero-order valence-electron chi connectivity index (χ0n) is 19.7. The largest absolute Gasteiger partial charge is 0.490 e. The predicted octanol–water partition coefficient (Wildman–Crippen LogP) is 4.72. The summed E-state index contributed by atoms with van der Waals surface area (Å²) < 4.78 is 12.0. The van der Waals surface area contributed by atoms with Crippen molar-refractivity contribution in [1.82, 2.24) is 10.2 Å². The Balaban J connectivity index is 1.40. The van der Waals surface area contributed by atoms with Crippen molar-refractivity contribution in [3.05, 3.63) is 63.6 Å². The zero-order valence-corrected chi connectivity index (χ0v) is 21.2. The number of imide groups is 2. The molecule has 1 N–H and O–H groups in total. The van der Waals surface area contributed by atoms with E-state index < -0.39 is 23.8 Å². The van der Waals surface area contributed by atoms with E-state index in [4.69, 9.17) is 9.47 Å². The number of hydrogen-bond acceptors (Lipinski definition) is 6. The molecule has 0 aromatic heterocycles. The van der Waals surface area contributed by atoms with Crippen LogP contribution in [0.5, 0.6) is 11.5 Å². The maximum atomic E-state index is 13.3. The number of nitrogens with zero attached hydrogens (tertiary/aromatic N) is 1. The van der Waals surface area contributed by atoms with Crippen molar-refractivity contribution in [2.45, 2.75) is 38.6 Å². The lowest BCUT2D eigenvalue weighted by atomic mass is 9.93. The first-order valence-electron chi connectivity index (χ1n) is 12.0. The summed E-state index contributed by atoms with van der Waals surface area (Å²) in [4.78, 5) is 52.3. The highest BCUT2D eigenvalue weighted by atomic mass is 79.9. The molecule has 3 aliphatic rings. The number of rotatable bonds is 6. The van der Waals surface area contributed by atoms with Crippen molar-refractivity contribution in [3.8, 4) is 11.5 Å². The van der Waals surface area contributed by atoms with Gasteiger partial charge in [-0.3, -0.25) is 19.8 Å². The summed E-state index contributed by atoms with van der Waals surface area (Å²) in [5, 5.41) is 2.32. The average molecular weight is 553 g/mol. The first kappa shape index (κ1) is 24.2. The van der Waals surface area contributed by atoms with Gasteiger partial charge >= 0.3 is 12.0 Å². The minimum absolute atomic E-state index is 0.112. The Morgan fingerprint density at radius 2 is 1.86 bits per heavy atom. The molecule has 5 rings (SSSR count).